The summed E-state index contributed by atoms with van der Waals surface area (Å²) in [6, 6.07) is 12.4. The molecule has 2 aromatic carbocycles. The predicted molar refractivity (Wildman–Crippen MR) is 84.8 cm³/mol. The van der Waals surface area contributed by atoms with Gasteiger partial charge in [0.1, 0.15) is 0 Å². The molecule has 0 bridgehead atoms. The summed E-state index contributed by atoms with van der Waals surface area (Å²) in [5.41, 5.74) is 3.06. The van der Waals surface area contributed by atoms with Crippen LogP contribution in [0.5, 0.6) is 0 Å². The van der Waals surface area contributed by atoms with Gasteiger partial charge in [0.05, 0.1) is 0 Å². The van der Waals surface area contributed by atoms with Gasteiger partial charge in [0, 0.05) is 28.0 Å². The average molecular weight is 379 g/mol. The standard InChI is InChI=1S/C18H12O2.Ni.O2Si/c19-13-7-8-17(20)16(10-13)15-9-12-5-1-3-11-4-2-6-14(15)18(11)12;;1-3-2/h1-8,10,15H,9H2;;. The van der Waals surface area contributed by atoms with E-state index in [2.05, 4.69) is 24.3 Å². The maximum Gasteiger partial charge on any atom is 0.549 e. The van der Waals surface area contributed by atoms with E-state index in [4.69, 9.17) is 8.92 Å². The quantitative estimate of drug-likeness (QED) is 0.564. The van der Waals surface area contributed by atoms with Crippen LogP contribution in [0, 0.1) is 0 Å². The second-order valence-corrected chi connectivity index (χ2v) is 5.57. The van der Waals surface area contributed by atoms with E-state index in [-0.39, 0.29) is 34.0 Å². The molecule has 1 atom stereocenters. The Kier molecular flexibility index (Phi) is 5.75. The van der Waals surface area contributed by atoms with Crippen LogP contribution in [0.3, 0.4) is 0 Å². The van der Waals surface area contributed by atoms with Crippen LogP contribution in [0.15, 0.2) is 60.2 Å². The fourth-order valence-corrected chi connectivity index (χ4v) is 3.32. The van der Waals surface area contributed by atoms with Crippen molar-refractivity contribution in [2.45, 2.75) is 12.3 Å². The van der Waals surface area contributed by atoms with Gasteiger partial charge in [0.15, 0.2) is 11.6 Å². The fraction of sp³-hybridized carbons (Fsp3) is 0.111. The Morgan fingerprint density at radius 2 is 1.62 bits per heavy atom. The molecule has 24 heavy (non-hydrogen) atoms. The Morgan fingerprint density at radius 1 is 0.958 bits per heavy atom. The van der Waals surface area contributed by atoms with Crippen molar-refractivity contribution >= 4 is 31.6 Å². The summed E-state index contributed by atoms with van der Waals surface area (Å²) in [4.78, 5) is 23.7. The van der Waals surface area contributed by atoms with E-state index in [9.17, 15) is 9.59 Å². The van der Waals surface area contributed by atoms with E-state index in [0.717, 1.165) is 6.42 Å². The first-order valence-corrected chi connectivity index (χ1v) is 7.95. The van der Waals surface area contributed by atoms with E-state index < -0.39 is 9.29 Å². The molecule has 0 spiro atoms. The van der Waals surface area contributed by atoms with E-state index in [1.54, 1.807) is 0 Å². The number of hydrogen-bond donors (Lipinski definition) is 0. The molecular formula is C18H12NiO4Si. The van der Waals surface area contributed by atoms with Crippen molar-refractivity contribution in [3.05, 3.63) is 71.3 Å². The number of carbonyl (C=O) groups excluding carboxylic acids is 2. The molecule has 0 N–H and O–H groups in total. The molecule has 0 heterocycles. The van der Waals surface area contributed by atoms with Gasteiger partial charge in [-0.25, -0.2) is 0 Å². The summed E-state index contributed by atoms with van der Waals surface area (Å²) in [7, 11) is -1.42. The summed E-state index contributed by atoms with van der Waals surface area (Å²) in [6.07, 6.45) is 5.03. The molecule has 0 saturated heterocycles. The molecule has 0 aliphatic heterocycles. The van der Waals surface area contributed by atoms with Crippen LogP contribution >= 0.6 is 0 Å². The van der Waals surface area contributed by atoms with Gasteiger partial charge in [-0.3, -0.25) is 18.5 Å². The fourth-order valence-electron chi connectivity index (χ4n) is 3.32. The summed E-state index contributed by atoms with van der Waals surface area (Å²) >= 11 is 0. The zero-order valence-electron chi connectivity index (χ0n) is 12.4. The minimum absolute atomic E-state index is 0. The third kappa shape index (κ3) is 3.21. The Balaban J connectivity index is 0.000000487. The number of benzene rings is 2. The molecular weight excluding hydrogens is 367 g/mol. The van der Waals surface area contributed by atoms with Crippen LogP contribution < -0.4 is 0 Å². The SMILES string of the molecule is O=C1C=CC(=O)C(C2Cc3cccc4cccc2c34)=C1.O=[Si]=O.[Ni]. The first kappa shape index (κ1) is 18.2. The maximum atomic E-state index is 12.1. The minimum Gasteiger partial charge on any atom is -0.290 e. The first-order chi connectivity index (χ1) is 11.2. The monoisotopic (exact) mass is 378 g/mol. The molecule has 4 nitrogen and oxygen atoms in total. The van der Waals surface area contributed by atoms with Gasteiger partial charge >= 0.3 is 9.29 Å². The van der Waals surface area contributed by atoms with Crippen LogP contribution in [-0.2, 0) is 41.4 Å². The van der Waals surface area contributed by atoms with Crippen molar-refractivity contribution < 1.29 is 35.0 Å². The molecule has 0 saturated carbocycles. The molecule has 2 aliphatic carbocycles. The number of rotatable bonds is 1. The number of allylic oxidation sites excluding steroid dienone is 4. The third-order valence-electron chi connectivity index (χ3n) is 4.18. The van der Waals surface area contributed by atoms with Gasteiger partial charge in [-0.1, -0.05) is 36.4 Å². The number of ketones is 2. The van der Waals surface area contributed by atoms with Crippen LogP contribution in [0.25, 0.3) is 10.8 Å². The summed E-state index contributed by atoms with van der Waals surface area (Å²) in [5, 5.41) is 2.45. The largest absolute Gasteiger partial charge is 0.549 e. The van der Waals surface area contributed by atoms with Crippen LogP contribution in [0.2, 0.25) is 0 Å². The Hall–Kier alpha value is -2.17. The van der Waals surface area contributed by atoms with E-state index >= 15 is 0 Å². The zero-order valence-corrected chi connectivity index (χ0v) is 14.4. The second kappa shape index (κ2) is 7.60. The summed E-state index contributed by atoms with van der Waals surface area (Å²) < 4.78 is 16.8. The van der Waals surface area contributed by atoms with Gasteiger partial charge < -0.3 is 0 Å². The van der Waals surface area contributed by atoms with Crippen molar-refractivity contribution in [3.63, 3.8) is 0 Å². The molecule has 0 radical (unpaired) electrons. The van der Waals surface area contributed by atoms with Crippen LogP contribution in [-0.4, -0.2) is 20.9 Å². The van der Waals surface area contributed by atoms with Crippen molar-refractivity contribution in [2.24, 2.45) is 0 Å². The Morgan fingerprint density at radius 3 is 2.33 bits per heavy atom. The molecule has 0 aromatic heterocycles. The molecule has 0 fully saturated rings. The molecule has 2 aromatic rings. The van der Waals surface area contributed by atoms with Crippen LogP contribution in [0.1, 0.15) is 17.0 Å². The van der Waals surface area contributed by atoms with Gasteiger partial charge in [0.25, 0.3) is 0 Å². The zero-order chi connectivity index (χ0) is 16.4. The number of hydrogen-bond acceptors (Lipinski definition) is 4. The maximum absolute atomic E-state index is 12.1. The number of carbonyl (C=O) groups is 2. The molecule has 1 unspecified atom stereocenters. The molecule has 6 heteroatoms. The van der Waals surface area contributed by atoms with Crippen molar-refractivity contribution in [3.8, 4) is 0 Å². The smallest absolute Gasteiger partial charge is 0.290 e. The molecule has 0 amide bonds. The normalized spacial score (nSPS) is 17.5. The van der Waals surface area contributed by atoms with Gasteiger partial charge in [-0.15, -0.1) is 0 Å². The summed E-state index contributed by atoms with van der Waals surface area (Å²) in [6.45, 7) is 0. The second-order valence-electron chi connectivity index (χ2n) is 5.40. The van der Waals surface area contributed by atoms with Crippen molar-refractivity contribution in [1.82, 2.24) is 0 Å². The molecule has 2 aliphatic rings. The Labute approximate surface area is 150 Å². The predicted octanol–water partition coefficient (Wildman–Crippen LogP) is 2.49. The average Bonchev–Trinajstić information content (AvgIpc) is 2.92. The molecule has 122 valence electrons. The summed E-state index contributed by atoms with van der Waals surface area (Å²) in [5.74, 6) is -0.125. The van der Waals surface area contributed by atoms with Crippen molar-refractivity contribution in [2.75, 3.05) is 0 Å². The first-order valence-electron chi connectivity index (χ1n) is 7.13. The van der Waals surface area contributed by atoms with Gasteiger partial charge in [-0.05, 0) is 46.5 Å². The Bertz CT molecular complexity index is 919. The van der Waals surface area contributed by atoms with E-state index in [1.807, 2.05) is 12.1 Å². The third-order valence-corrected chi connectivity index (χ3v) is 4.18. The van der Waals surface area contributed by atoms with E-state index in [1.165, 1.54) is 40.1 Å². The van der Waals surface area contributed by atoms with Crippen molar-refractivity contribution in [1.29, 1.82) is 0 Å². The topological polar surface area (TPSA) is 68.3 Å². The van der Waals surface area contributed by atoms with Gasteiger partial charge in [0.2, 0.25) is 0 Å². The van der Waals surface area contributed by atoms with E-state index in [0.29, 0.717) is 5.57 Å². The van der Waals surface area contributed by atoms with Gasteiger partial charge in [-0.2, -0.15) is 0 Å². The minimum atomic E-state index is -1.42. The molecule has 4 rings (SSSR count). The van der Waals surface area contributed by atoms with Crippen LogP contribution in [0.4, 0.5) is 0 Å².